The van der Waals surface area contributed by atoms with Crippen LogP contribution in [0.1, 0.15) is 43.4 Å². The van der Waals surface area contributed by atoms with Gasteiger partial charge >= 0.3 is 63.2 Å². The first-order valence-corrected chi connectivity index (χ1v) is 47.8. The van der Waals surface area contributed by atoms with E-state index < -0.39 is 0 Å². The molecule has 694 valence electrons. The van der Waals surface area contributed by atoms with E-state index in [0.717, 1.165) is 199 Å². The molecular formula is C127H78N12O3Pt3. The van der Waals surface area contributed by atoms with Crippen molar-refractivity contribution in [3.8, 4) is 79.4 Å². The van der Waals surface area contributed by atoms with Gasteiger partial charge in [-0.1, -0.05) is 318 Å². The standard InChI is InChI=1S/C45H26N4O.C43H30N4O.C39H22N4O.3Pt/c1-27-42(29-13-6-3-7-14-29)48-39-18-9-8-15-34(39)33-21-19-30(25-38(33)44(48)47-27)50-31-20-22-35-36-16-10-17-37-41-32(28-11-4-2-5-12-28)23-24-46-45(41)49(43(36)37)40(35)26-31;1-25-39(26-11-6-5-7-12-26)46-36-16-9-8-13-30(36)29-19-17-27(23-34(29)41(46)45-25)48-28-18-20-31-32-14-10-15-33-38-35(43(2,3)4)21-22-44-42(38)47(40(32)33)37(31)24-28;1-23-36(24-9-3-2-4-10-24)42-34-15-6-5-11-28(34)27-18-16-25(21-33(27)39(42)41-23)44-26-17-19-29-30-12-7-13-31-32-14-8-20-40-38(32)43(37(30)31)35(29)22-26;;;/h2-24H,1H3;5-22H,1-4H3;2-20H,1H3;;;/q3*-2;3*+2. The van der Waals surface area contributed by atoms with Gasteiger partial charge in [0.1, 0.15) is 16.9 Å². The quantitative estimate of drug-likeness (QED) is 0.0970. The average Bonchev–Trinajstić information content (AvgIpc) is 1.54. The normalized spacial score (nSPS) is 12.0. The van der Waals surface area contributed by atoms with Crippen LogP contribution in [-0.2, 0) is 68.6 Å². The van der Waals surface area contributed by atoms with E-state index >= 15 is 0 Å². The summed E-state index contributed by atoms with van der Waals surface area (Å²) < 4.78 is 33.2. The van der Waals surface area contributed by atoms with Crippen LogP contribution in [0.4, 0.5) is 0 Å². The second kappa shape index (κ2) is 34.1. The van der Waals surface area contributed by atoms with Gasteiger partial charge in [-0.2, -0.15) is 18.2 Å². The van der Waals surface area contributed by atoms with Gasteiger partial charge in [0.2, 0.25) is 0 Å². The van der Waals surface area contributed by atoms with Crippen LogP contribution in [-0.4, -0.2) is 56.3 Å². The Labute approximate surface area is 872 Å². The summed E-state index contributed by atoms with van der Waals surface area (Å²) in [5.74, 6) is 3.70. The molecule has 16 aromatic carbocycles. The summed E-state index contributed by atoms with van der Waals surface area (Å²) in [4.78, 5) is 29.9. The van der Waals surface area contributed by atoms with E-state index in [1.165, 1.54) is 65.4 Å². The molecular weight excluding hydrogens is 2330 g/mol. The predicted octanol–water partition coefficient (Wildman–Crippen LogP) is 31.6. The van der Waals surface area contributed by atoms with Crippen LogP contribution in [0.15, 0.2) is 364 Å². The SMILES string of the molecule is Cc1nc2c3[c-]c(Oc4[c-]c5c(cc4)c4cccc6c7c(-c8ccccc8)ccnc7n5c46)ccc3c3ccccc3n2c1-c1ccccc1.Cc1nc2c3[c-]c(Oc4[c-]c5c(cc4)c4cccc6c7c(C(C)(C)C)ccnc7n5c46)ccc3c3ccccc3n2c1-c1ccccc1.Cc1nc2c3[c-]c(Oc4[c-]c5c(cc4)c4cccc6c7cccnc7n5c46)ccc3c3ccccc3n2c1-c1ccccc1.[Pt+2].[Pt+2].[Pt+2]. The van der Waals surface area contributed by atoms with Gasteiger partial charge in [-0.25, -0.2) is 15.0 Å². The summed E-state index contributed by atoms with van der Waals surface area (Å²) in [5, 5.41) is 23.4. The molecule has 0 aliphatic carbocycles. The van der Waals surface area contributed by atoms with E-state index in [4.69, 9.17) is 44.1 Å². The van der Waals surface area contributed by atoms with Crippen molar-refractivity contribution in [1.29, 1.82) is 0 Å². The molecule has 15 nitrogen and oxygen atoms in total. The maximum atomic E-state index is 6.59. The minimum Gasteiger partial charge on any atom is -0.503 e. The molecule has 0 aliphatic heterocycles. The van der Waals surface area contributed by atoms with Crippen molar-refractivity contribution in [3.05, 3.63) is 423 Å². The summed E-state index contributed by atoms with van der Waals surface area (Å²) in [5.41, 5.74) is 28.2. The van der Waals surface area contributed by atoms with Gasteiger partial charge in [-0.05, 0) is 134 Å². The van der Waals surface area contributed by atoms with E-state index in [2.05, 4.69) is 389 Å². The van der Waals surface area contributed by atoms with Crippen LogP contribution < -0.4 is 14.2 Å². The van der Waals surface area contributed by atoms with Crippen LogP contribution in [0.3, 0.4) is 0 Å². The molecule has 0 spiro atoms. The van der Waals surface area contributed by atoms with Crippen LogP contribution in [0.2, 0.25) is 0 Å². The molecule has 0 atom stereocenters. The number of imidazole rings is 3. The van der Waals surface area contributed by atoms with E-state index in [-0.39, 0.29) is 68.6 Å². The predicted molar refractivity (Wildman–Crippen MR) is 575 cm³/mol. The number of hydrogen-bond acceptors (Lipinski definition) is 9. The first-order chi connectivity index (χ1) is 69.8. The molecule has 0 aliphatic rings. The molecule has 0 N–H and O–H groups in total. The number of fused-ring (bicyclic) bond motifs is 36. The molecule has 18 heteroatoms. The van der Waals surface area contributed by atoms with Crippen molar-refractivity contribution in [2.45, 2.75) is 47.0 Å². The topological polar surface area (TPSA) is 131 Å². The Balaban J connectivity index is 0.000000110. The molecule has 0 bridgehead atoms. The fourth-order valence-electron chi connectivity index (χ4n) is 22.8. The van der Waals surface area contributed by atoms with Gasteiger partial charge in [0.25, 0.3) is 0 Å². The number of para-hydroxylation sites is 6. The van der Waals surface area contributed by atoms with Gasteiger partial charge in [-0.3, -0.25) is 15.0 Å². The first kappa shape index (κ1) is 88.6. The zero-order valence-corrected chi connectivity index (χ0v) is 85.5. The van der Waals surface area contributed by atoms with Gasteiger partial charge in [0, 0.05) is 119 Å². The van der Waals surface area contributed by atoms with Crippen LogP contribution in [0, 0.1) is 57.2 Å². The largest absolute Gasteiger partial charge is 2.00 e. The van der Waals surface area contributed by atoms with Crippen molar-refractivity contribution < 1.29 is 77.4 Å². The van der Waals surface area contributed by atoms with Gasteiger partial charge in [-0.15, -0.1) is 89.0 Å². The third kappa shape index (κ3) is 13.5. The Morgan fingerprint density at radius 2 is 0.524 bits per heavy atom. The maximum absolute atomic E-state index is 6.59. The van der Waals surface area contributed by atoms with Gasteiger partial charge in [0.15, 0.2) is 0 Å². The van der Waals surface area contributed by atoms with Crippen LogP contribution in [0.5, 0.6) is 34.5 Å². The fourth-order valence-corrected chi connectivity index (χ4v) is 22.8. The number of ether oxygens (including phenoxy) is 3. The zero-order valence-electron chi connectivity index (χ0n) is 78.7. The summed E-state index contributed by atoms with van der Waals surface area (Å²) in [6.07, 6.45) is 5.68. The van der Waals surface area contributed by atoms with E-state index in [1.807, 2.05) is 79.3 Å². The molecule has 31 aromatic rings. The van der Waals surface area contributed by atoms with Crippen LogP contribution in [0.25, 0.3) is 242 Å². The number of aromatic nitrogens is 12. The minimum atomic E-state index is -0.0229. The molecule has 145 heavy (non-hydrogen) atoms. The first-order valence-electron chi connectivity index (χ1n) is 47.8. The third-order valence-corrected chi connectivity index (χ3v) is 28.7. The third-order valence-electron chi connectivity index (χ3n) is 28.7. The maximum Gasteiger partial charge on any atom is 2.00 e. The van der Waals surface area contributed by atoms with E-state index in [0.29, 0.717) is 34.5 Å². The van der Waals surface area contributed by atoms with Crippen molar-refractivity contribution >= 4 is 197 Å². The molecule has 0 radical (unpaired) electrons. The summed E-state index contributed by atoms with van der Waals surface area (Å²) in [6.45, 7) is 13.0. The zero-order chi connectivity index (χ0) is 94.2. The Hall–Kier alpha value is -16.5. The number of pyridine rings is 6. The Morgan fingerprint density at radius 1 is 0.228 bits per heavy atom. The smallest absolute Gasteiger partial charge is 0.503 e. The van der Waals surface area contributed by atoms with Crippen molar-refractivity contribution in [3.63, 3.8) is 0 Å². The number of aryl methyl sites for hydroxylation is 3. The Morgan fingerprint density at radius 3 is 0.917 bits per heavy atom. The van der Waals surface area contributed by atoms with E-state index in [9.17, 15) is 0 Å². The molecule has 0 fully saturated rings. The van der Waals surface area contributed by atoms with Crippen LogP contribution >= 0.6 is 0 Å². The molecule has 0 amide bonds. The molecule has 31 rings (SSSR count). The van der Waals surface area contributed by atoms with Gasteiger partial charge in [0.05, 0.1) is 51.1 Å². The number of hydrogen-bond donors (Lipinski definition) is 0. The summed E-state index contributed by atoms with van der Waals surface area (Å²) in [6, 6.07) is 142. The van der Waals surface area contributed by atoms with Gasteiger partial charge < -0.3 is 40.6 Å². The summed E-state index contributed by atoms with van der Waals surface area (Å²) in [7, 11) is 0. The van der Waals surface area contributed by atoms with Crippen molar-refractivity contribution in [1.82, 2.24) is 56.3 Å². The Kier molecular flexibility index (Phi) is 20.8. The second-order valence-corrected chi connectivity index (χ2v) is 37.9. The van der Waals surface area contributed by atoms with Crippen molar-refractivity contribution in [2.24, 2.45) is 0 Å². The number of benzene rings is 16. The van der Waals surface area contributed by atoms with Crippen molar-refractivity contribution in [2.75, 3.05) is 0 Å². The number of rotatable bonds is 10. The average molecular weight is 2410 g/mol. The second-order valence-electron chi connectivity index (χ2n) is 37.9. The number of nitrogens with zero attached hydrogens (tertiary/aromatic N) is 12. The molecule has 0 saturated carbocycles. The minimum absolute atomic E-state index is 0. The fraction of sp³-hybridized carbons (Fsp3) is 0.0551. The molecule has 15 heterocycles. The molecule has 15 aromatic heterocycles. The van der Waals surface area contributed by atoms with E-state index in [1.54, 1.807) is 0 Å². The molecule has 0 unspecified atom stereocenters. The monoisotopic (exact) mass is 2400 g/mol. The molecule has 0 saturated heterocycles. The Bertz CT molecular complexity index is 10700. The summed E-state index contributed by atoms with van der Waals surface area (Å²) >= 11 is 0.